The predicted molar refractivity (Wildman–Crippen MR) is 78.6 cm³/mol. The summed E-state index contributed by atoms with van der Waals surface area (Å²) in [7, 11) is 0. The Kier molecular flexibility index (Phi) is 6.23. The van der Waals surface area contributed by atoms with Crippen LogP contribution in [0.1, 0.15) is 18.4 Å². The third-order valence-electron chi connectivity index (χ3n) is 4.41. The maximum atomic E-state index is 13.7. The van der Waals surface area contributed by atoms with E-state index in [1.54, 1.807) is 0 Å². The minimum Gasteiger partial charge on any atom is -0.487 e. The van der Waals surface area contributed by atoms with Gasteiger partial charge in [-0.3, -0.25) is 0 Å². The van der Waals surface area contributed by atoms with Crippen LogP contribution in [0.3, 0.4) is 0 Å². The van der Waals surface area contributed by atoms with Crippen molar-refractivity contribution in [2.45, 2.75) is 31.3 Å². The molecule has 1 aliphatic carbocycles. The Morgan fingerprint density at radius 3 is 2.00 bits per heavy atom. The molecule has 4 nitrogen and oxygen atoms in total. The first-order valence-electron chi connectivity index (χ1n) is 7.92. The molecule has 2 unspecified atom stereocenters. The van der Waals surface area contributed by atoms with E-state index in [1.807, 2.05) is 0 Å². The zero-order valence-corrected chi connectivity index (χ0v) is 13.7. The van der Waals surface area contributed by atoms with Crippen LogP contribution in [0.2, 0.25) is 0 Å². The molecule has 2 atom stereocenters. The van der Waals surface area contributed by atoms with Gasteiger partial charge in [0, 0.05) is 0 Å². The van der Waals surface area contributed by atoms with Crippen LogP contribution >= 0.6 is 0 Å². The van der Waals surface area contributed by atoms with Gasteiger partial charge < -0.3 is 15.2 Å². The van der Waals surface area contributed by atoms with Crippen LogP contribution in [0.4, 0.5) is 30.7 Å². The van der Waals surface area contributed by atoms with Gasteiger partial charge in [-0.15, -0.1) is 0 Å². The van der Waals surface area contributed by atoms with Gasteiger partial charge >= 0.3 is 18.3 Å². The van der Waals surface area contributed by atoms with Crippen LogP contribution in [-0.4, -0.2) is 36.4 Å². The van der Waals surface area contributed by atoms with Gasteiger partial charge in [-0.05, 0) is 56.0 Å². The smallest absolute Gasteiger partial charge is 0.487 e. The molecular formula is C16H16F7NO3. The molecule has 0 amide bonds. The minimum atomic E-state index is -5.08. The average molecular weight is 403 g/mol. The Morgan fingerprint density at radius 2 is 1.59 bits per heavy atom. The zero-order chi connectivity index (χ0) is 20.4. The highest BCUT2D eigenvalue weighted by molar-refractivity contribution is 5.73. The van der Waals surface area contributed by atoms with Crippen LogP contribution < -0.4 is 10.1 Å². The maximum Gasteiger partial charge on any atom is 0.490 e. The lowest BCUT2D eigenvalue weighted by molar-refractivity contribution is -0.192. The molecule has 1 aromatic rings. The van der Waals surface area contributed by atoms with E-state index in [0.29, 0.717) is 17.9 Å². The van der Waals surface area contributed by atoms with E-state index in [1.165, 1.54) is 0 Å². The van der Waals surface area contributed by atoms with Gasteiger partial charge in [0.05, 0.1) is 11.7 Å². The molecule has 0 spiro atoms. The van der Waals surface area contributed by atoms with Crippen molar-refractivity contribution in [3.8, 4) is 5.75 Å². The second kappa shape index (κ2) is 7.91. The molecule has 11 heteroatoms. The van der Waals surface area contributed by atoms with Gasteiger partial charge in [-0.25, -0.2) is 9.18 Å². The highest BCUT2D eigenvalue weighted by atomic mass is 19.4. The number of carboxylic acid groups (broad SMARTS) is 1. The van der Waals surface area contributed by atoms with Crippen molar-refractivity contribution in [1.82, 2.24) is 5.32 Å². The Bertz CT molecular complexity index is 663. The summed E-state index contributed by atoms with van der Waals surface area (Å²) in [5.74, 6) is -2.71. The Labute approximate surface area is 149 Å². The molecule has 0 bridgehead atoms. The summed E-state index contributed by atoms with van der Waals surface area (Å²) >= 11 is 0. The molecule has 1 saturated carbocycles. The van der Waals surface area contributed by atoms with Gasteiger partial charge in [-0.2, -0.15) is 26.3 Å². The van der Waals surface area contributed by atoms with Gasteiger partial charge in [0.25, 0.3) is 0 Å². The summed E-state index contributed by atoms with van der Waals surface area (Å²) in [4.78, 5) is 8.90. The molecule has 1 aliphatic heterocycles. The molecule has 1 heterocycles. The average Bonchev–Trinajstić information content (AvgIpc) is 3.09. The van der Waals surface area contributed by atoms with E-state index in [9.17, 15) is 30.7 Å². The van der Waals surface area contributed by atoms with Crippen LogP contribution in [0.25, 0.3) is 0 Å². The van der Waals surface area contributed by atoms with Crippen LogP contribution in [0.5, 0.6) is 5.75 Å². The largest absolute Gasteiger partial charge is 0.490 e. The fraction of sp³-hybridized carbons (Fsp3) is 0.562. The van der Waals surface area contributed by atoms with E-state index >= 15 is 0 Å². The van der Waals surface area contributed by atoms with Crippen molar-refractivity contribution < 1.29 is 45.4 Å². The van der Waals surface area contributed by atoms with E-state index in [-0.39, 0.29) is 11.9 Å². The van der Waals surface area contributed by atoms with Crippen LogP contribution in [0.15, 0.2) is 18.2 Å². The summed E-state index contributed by atoms with van der Waals surface area (Å²) in [5, 5.41) is 10.4. The summed E-state index contributed by atoms with van der Waals surface area (Å²) in [6.45, 7) is 1.89. The zero-order valence-electron chi connectivity index (χ0n) is 13.7. The molecule has 1 aromatic carbocycles. The summed E-state index contributed by atoms with van der Waals surface area (Å²) < 4.78 is 88.3. The highest BCUT2D eigenvalue weighted by Gasteiger charge is 2.39. The number of halogens is 7. The van der Waals surface area contributed by atoms with Crippen molar-refractivity contribution in [2.75, 3.05) is 13.1 Å². The first-order chi connectivity index (χ1) is 12.4. The van der Waals surface area contributed by atoms with Crippen molar-refractivity contribution in [3.05, 3.63) is 29.6 Å². The number of rotatable bonds is 2. The molecule has 3 rings (SSSR count). The number of fused-ring (bicyclic) bond motifs is 1. The topological polar surface area (TPSA) is 58.6 Å². The third kappa shape index (κ3) is 5.72. The lowest BCUT2D eigenvalue weighted by atomic mass is 10.0. The van der Waals surface area contributed by atoms with Crippen molar-refractivity contribution in [1.29, 1.82) is 0 Å². The SMILES string of the molecule is Fc1cc(C(F)(F)F)ccc1OC1CC2CNCC2C1.O=C(O)C(F)(F)F. The number of hydrogen-bond acceptors (Lipinski definition) is 3. The normalized spacial score (nSPS) is 24.8. The number of carboxylic acids is 1. The second-order valence-corrected chi connectivity index (χ2v) is 6.34. The molecule has 2 N–H and O–H groups in total. The van der Waals surface area contributed by atoms with E-state index in [4.69, 9.17) is 14.6 Å². The molecule has 2 fully saturated rings. The van der Waals surface area contributed by atoms with E-state index in [2.05, 4.69) is 5.32 Å². The number of alkyl halides is 6. The third-order valence-corrected chi connectivity index (χ3v) is 4.41. The Hall–Kier alpha value is -2.04. The second-order valence-electron chi connectivity index (χ2n) is 6.34. The fourth-order valence-electron chi connectivity index (χ4n) is 3.16. The molecule has 0 radical (unpaired) electrons. The number of benzene rings is 1. The Balaban J connectivity index is 0.000000321. The van der Waals surface area contributed by atoms with Crippen LogP contribution in [-0.2, 0) is 11.0 Å². The van der Waals surface area contributed by atoms with Gasteiger partial charge in [0.2, 0.25) is 0 Å². The van der Waals surface area contributed by atoms with Gasteiger partial charge in [0.1, 0.15) is 0 Å². The molecule has 0 aromatic heterocycles. The van der Waals surface area contributed by atoms with Crippen molar-refractivity contribution in [3.63, 3.8) is 0 Å². The number of carbonyl (C=O) groups is 1. The van der Waals surface area contributed by atoms with Crippen LogP contribution in [0, 0.1) is 17.7 Å². The number of ether oxygens (including phenoxy) is 1. The first kappa shape index (κ1) is 21.3. The minimum absolute atomic E-state index is 0.0871. The predicted octanol–water partition coefficient (Wildman–Crippen LogP) is 3.85. The number of aliphatic carboxylic acids is 1. The molecule has 152 valence electrons. The summed E-state index contributed by atoms with van der Waals surface area (Å²) in [6.07, 6.45) is -8.05. The van der Waals surface area contributed by atoms with Crippen molar-refractivity contribution >= 4 is 5.97 Å². The highest BCUT2D eigenvalue weighted by Crippen LogP contribution is 2.38. The standard InChI is InChI=1S/C14H15F4NO.C2HF3O2/c15-12-5-10(14(16,17)18)1-2-13(12)20-11-3-8-6-19-7-9(8)4-11;3-2(4,5)1(6)7/h1-2,5,8-9,11,19H,3-4,6-7H2;(H,6,7). The van der Waals surface area contributed by atoms with Gasteiger partial charge in [-0.1, -0.05) is 0 Å². The molecule has 1 saturated heterocycles. The van der Waals surface area contributed by atoms with Crippen molar-refractivity contribution in [2.24, 2.45) is 11.8 Å². The maximum absolute atomic E-state index is 13.7. The molecule has 27 heavy (non-hydrogen) atoms. The fourth-order valence-corrected chi connectivity index (χ4v) is 3.16. The van der Waals surface area contributed by atoms with E-state index in [0.717, 1.165) is 38.1 Å². The number of hydrogen-bond donors (Lipinski definition) is 2. The quantitative estimate of drug-likeness (QED) is 0.737. The first-order valence-corrected chi connectivity index (χ1v) is 7.92. The molecular weight excluding hydrogens is 387 g/mol. The number of nitrogens with one attached hydrogen (secondary N) is 1. The lowest BCUT2D eigenvalue weighted by Crippen LogP contribution is -2.21. The summed E-state index contributed by atoms with van der Waals surface area (Å²) in [6, 6.07) is 2.42. The monoisotopic (exact) mass is 403 g/mol. The Morgan fingerprint density at radius 1 is 1.07 bits per heavy atom. The van der Waals surface area contributed by atoms with Gasteiger partial charge in [0.15, 0.2) is 11.6 Å². The summed E-state index contributed by atoms with van der Waals surface area (Å²) in [5.41, 5.74) is -0.991. The van der Waals surface area contributed by atoms with E-state index < -0.39 is 29.7 Å². The molecule has 2 aliphatic rings. The lowest BCUT2D eigenvalue weighted by Gasteiger charge is -2.16.